The fourth-order valence-corrected chi connectivity index (χ4v) is 3.94. The minimum Gasteiger partial charge on any atom is -0.493 e. The molecule has 34 heavy (non-hydrogen) atoms. The maximum Gasteiger partial charge on any atom is 0.329 e. The van der Waals surface area contributed by atoms with Gasteiger partial charge in [-0.1, -0.05) is 18.2 Å². The molecule has 0 aliphatic rings. The van der Waals surface area contributed by atoms with Gasteiger partial charge in [-0.3, -0.25) is 10.1 Å². The Morgan fingerprint density at radius 2 is 1.68 bits per heavy atom. The molecule has 0 unspecified atom stereocenters. The van der Waals surface area contributed by atoms with Crippen molar-refractivity contribution in [3.63, 3.8) is 0 Å². The Bertz CT molecular complexity index is 1290. The number of methoxy groups -OCH3 is 3. The summed E-state index contributed by atoms with van der Waals surface area (Å²) in [6.45, 7) is 0. The van der Waals surface area contributed by atoms with Gasteiger partial charge >= 0.3 is 5.69 Å². The van der Waals surface area contributed by atoms with E-state index in [4.69, 9.17) is 14.2 Å². The molecule has 13 heteroatoms. The first-order valence-corrected chi connectivity index (χ1v) is 11.8. The Morgan fingerprint density at radius 1 is 1.03 bits per heavy atom. The van der Waals surface area contributed by atoms with Crippen LogP contribution in [0.2, 0.25) is 0 Å². The SMILES string of the molecule is COc1cc(Nc2ncc([N+](=O)[O-])c(Nc3ccccc3CS(C)(=O)=O)n2)cc(OC)c1OC. The lowest BCUT2D eigenvalue weighted by molar-refractivity contribution is -0.384. The zero-order valence-electron chi connectivity index (χ0n) is 18.9. The lowest BCUT2D eigenvalue weighted by Crippen LogP contribution is -2.08. The number of rotatable bonds is 10. The second-order valence-corrected chi connectivity index (χ2v) is 9.22. The fourth-order valence-electron chi connectivity index (χ4n) is 3.12. The van der Waals surface area contributed by atoms with Crippen LogP contribution < -0.4 is 24.8 Å². The molecule has 12 nitrogen and oxygen atoms in total. The van der Waals surface area contributed by atoms with Crippen molar-refractivity contribution in [1.82, 2.24) is 9.97 Å². The third kappa shape index (κ3) is 5.81. The van der Waals surface area contributed by atoms with Crippen molar-refractivity contribution >= 4 is 38.7 Å². The van der Waals surface area contributed by atoms with Gasteiger partial charge in [0.05, 0.1) is 32.0 Å². The van der Waals surface area contributed by atoms with Crippen LogP contribution in [0.25, 0.3) is 0 Å². The summed E-state index contributed by atoms with van der Waals surface area (Å²) >= 11 is 0. The number of nitrogens with one attached hydrogen (secondary N) is 2. The maximum absolute atomic E-state index is 11.8. The van der Waals surface area contributed by atoms with Gasteiger partial charge in [0.1, 0.15) is 6.20 Å². The van der Waals surface area contributed by atoms with Gasteiger partial charge < -0.3 is 24.8 Å². The van der Waals surface area contributed by atoms with E-state index in [2.05, 4.69) is 20.6 Å². The first kappa shape index (κ1) is 24.5. The Kier molecular flexibility index (Phi) is 7.36. The van der Waals surface area contributed by atoms with Crippen molar-refractivity contribution in [3.8, 4) is 17.2 Å². The molecule has 0 atom stereocenters. The molecule has 180 valence electrons. The normalized spacial score (nSPS) is 10.9. The third-order valence-corrected chi connectivity index (χ3v) is 5.41. The van der Waals surface area contributed by atoms with E-state index in [1.54, 1.807) is 36.4 Å². The monoisotopic (exact) mass is 489 g/mol. The smallest absolute Gasteiger partial charge is 0.329 e. The molecule has 0 saturated heterocycles. The Labute approximate surface area is 196 Å². The van der Waals surface area contributed by atoms with Crippen LogP contribution >= 0.6 is 0 Å². The predicted molar refractivity (Wildman–Crippen MR) is 126 cm³/mol. The van der Waals surface area contributed by atoms with Crippen LogP contribution in [-0.4, -0.2) is 50.9 Å². The predicted octanol–water partition coefficient (Wildman–Crippen LogP) is 3.44. The number of nitrogens with zero attached hydrogens (tertiary/aromatic N) is 3. The van der Waals surface area contributed by atoms with E-state index in [1.807, 2.05) is 0 Å². The van der Waals surface area contributed by atoms with Crippen molar-refractivity contribution in [2.24, 2.45) is 0 Å². The second kappa shape index (κ2) is 10.2. The first-order valence-electron chi connectivity index (χ1n) is 9.76. The average Bonchev–Trinajstić information content (AvgIpc) is 2.78. The van der Waals surface area contributed by atoms with E-state index >= 15 is 0 Å². The van der Waals surface area contributed by atoms with Gasteiger partial charge in [-0.05, 0) is 11.6 Å². The maximum atomic E-state index is 11.8. The molecule has 0 spiro atoms. The van der Waals surface area contributed by atoms with Crippen LogP contribution in [0.4, 0.5) is 28.8 Å². The van der Waals surface area contributed by atoms with Gasteiger partial charge in [-0.15, -0.1) is 0 Å². The quantitative estimate of drug-likeness (QED) is 0.318. The van der Waals surface area contributed by atoms with Gasteiger partial charge in [0, 0.05) is 29.8 Å². The summed E-state index contributed by atoms with van der Waals surface area (Å²) in [7, 11) is 1.08. The topological polar surface area (TPSA) is 155 Å². The number of hydrogen-bond acceptors (Lipinski definition) is 11. The summed E-state index contributed by atoms with van der Waals surface area (Å²) in [5.74, 6) is 0.855. The van der Waals surface area contributed by atoms with Crippen molar-refractivity contribution in [2.75, 3.05) is 38.2 Å². The molecule has 0 fully saturated rings. The molecule has 0 bridgehead atoms. The highest BCUT2D eigenvalue weighted by Crippen LogP contribution is 2.40. The van der Waals surface area contributed by atoms with Crippen LogP contribution in [0.1, 0.15) is 5.56 Å². The Morgan fingerprint density at radius 3 is 2.24 bits per heavy atom. The summed E-state index contributed by atoms with van der Waals surface area (Å²) in [5.41, 5.74) is 0.905. The Hall–Kier alpha value is -4.13. The Balaban J connectivity index is 2.00. The van der Waals surface area contributed by atoms with Crippen LogP contribution in [-0.2, 0) is 15.6 Å². The molecular formula is C21H23N5O7S. The van der Waals surface area contributed by atoms with E-state index in [1.165, 1.54) is 21.3 Å². The summed E-state index contributed by atoms with van der Waals surface area (Å²) < 4.78 is 39.5. The number of hydrogen-bond donors (Lipinski definition) is 2. The van der Waals surface area contributed by atoms with Gasteiger partial charge in [0.15, 0.2) is 21.3 Å². The number of sulfone groups is 1. The lowest BCUT2D eigenvalue weighted by Gasteiger charge is -2.15. The van der Waals surface area contributed by atoms with Gasteiger partial charge in [0.25, 0.3) is 0 Å². The van der Waals surface area contributed by atoms with Gasteiger partial charge in [-0.2, -0.15) is 4.98 Å². The van der Waals surface area contributed by atoms with Crippen molar-refractivity contribution in [1.29, 1.82) is 0 Å². The molecule has 3 aromatic rings. The van der Waals surface area contributed by atoms with Gasteiger partial charge in [0.2, 0.25) is 17.5 Å². The number of para-hydroxylation sites is 1. The molecule has 3 rings (SSSR count). The first-order chi connectivity index (χ1) is 16.1. The van der Waals surface area contributed by atoms with Crippen LogP contribution in [0.15, 0.2) is 42.6 Å². The minimum absolute atomic E-state index is 0.0444. The minimum atomic E-state index is -3.34. The van der Waals surface area contributed by atoms with E-state index in [0.29, 0.717) is 34.2 Å². The molecule has 2 aromatic carbocycles. The molecular weight excluding hydrogens is 466 g/mol. The summed E-state index contributed by atoms with van der Waals surface area (Å²) in [4.78, 5) is 19.2. The van der Waals surface area contributed by atoms with E-state index in [9.17, 15) is 18.5 Å². The zero-order valence-corrected chi connectivity index (χ0v) is 19.7. The van der Waals surface area contributed by atoms with E-state index in [-0.39, 0.29) is 23.2 Å². The number of aromatic nitrogens is 2. The van der Waals surface area contributed by atoms with E-state index < -0.39 is 14.8 Å². The lowest BCUT2D eigenvalue weighted by atomic mass is 10.2. The molecule has 0 amide bonds. The fraction of sp³-hybridized carbons (Fsp3) is 0.238. The number of ether oxygens (including phenoxy) is 3. The number of benzene rings is 2. The molecule has 0 aliphatic heterocycles. The molecule has 0 aliphatic carbocycles. The second-order valence-electron chi connectivity index (χ2n) is 7.08. The highest BCUT2D eigenvalue weighted by atomic mass is 32.2. The zero-order chi connectivity index (χ0) is 24.9. The van der Waals surface area contributed by atoms with Gasteiger partial charge in [-0.25, -0.2) is 13.4 Å². The molecule has 2 N–H and O–H groups in total. The number of anilines is 4. The van der Waals surface area contributed by atoms with E-state index in [0.717, 1.165) is 12.5 Å². The highest BCUT2D eigenvalue weighted by Gasteiger charge is 2.20. The summed E-state index contributed by atoms with van der Waals surface area (Å²) in [5, 5.41) is 17.4. The molecule has 1 aromatic heterocycles. The standard InChI is InChI=1S/C21H23N5O7S/c1-31-17-9-14(10-18(32-2)19(17)33-3)23-21-22-11-16(26(27)28)20(25-21)24-15-8-6-5-7-13(15)12-34(4,29)30/h5-11H,12H2,1-4H3,(H2,22,23,24,25). The molecule has 0 radical (unpaired) electrons. The van der Waals surface area contributed by atoms with Crippen molar-refractivity contribution in [2.45, 2.75) is 5.75 Å². The van der Waals surface area contributed by atoms with Crippen LogP contribution in [0.3, 0.4) is 0 Å². The molecule has 0 saturated carbocycles. The van der Waals surface area contributed by atoms with Crippen LogP contribution in [0.5, 0.6) is 17.2 Å². The number of nitro groups is 1. The average molecular weight is 490 g/mol. The van der Waals surface area contributed by atoms with Crippen molar-refractivity contribution < 1.29 is 27.6 Å². The van der Waals surface area contributed by atoms with Crippen LogP contribution in [0, 0.1) is 10.1 Å². The highest BCUT2D eigenvalue weighted by molar-refractivity contribution is 7.89. The van der Waals surface area contributed by atoms with Crippen molar-refractivity contribution in [3.05, 3.63) is 58.3 Å². The summed E-state index contributed by atoms with van der Waals surface area (Å²) in [6.07, 6.45) is 2.16. The largest absolute Gasteiger partial charge is 0.493 e. The summed E-state index contributed by atoms with van der Waals surface area (Å²) in [6, 6.07) is 9.83. The third-order valence-electron chi connectivity index (χ3n) is 4.58. The molecule has 1 heterocycles.